The fraction of sp³-hybridized carbons (Fsp3) is 0.333. The summed E-state index contributed by atoms with van der Waals surface area (Å²) in [6, 6.07) is 12.8. The molecule has 2 rings (SSSR count). The minimum absolute atomic E-state index is 0.0508. The number of benzene rings is 2. The van der Waals surface area contributed by atoms with Gasteiger partial charge in [-0.1, -0.05) is 39.0 Å². The Morgan fingerprint density at radius 3 is 2.08 bits per heavy atom. The Hall–Kier alpha value is -2.82. The minimum atomic E-state index is -0.444. The fourth-order valence-electron chi connectivity index (χ4n) is 2.40. The molecule has 0 bridgehead atoms. The number of nitrogens with zero attached hydrogens (tertiary/aromatic N) is 1. The summed E-state index contributed by atoms with van der Waals surface area (Å²) in [5.74, 6) is 0.0850. The van der Waals surface area contributed by atoms with Gasteiger partial charge in [-0.2, -0.15) is 0 Å². The van der Waals surface area contributed by atoms with Gasteiger partial charge in [-0.25, -0.2) is 9.59 Å². The molecule has 0 saturated carbocycles. The first-order valence-corrected chi connectivity index (χ1v) is 8.36. The average molecular weight is 355 g/mol. The predicted octanol–water partition coefficient (Wildman–Crippen LogP) is 4.50. The number of esters is 1. The molecular weight excluding hydrogens is 330 g/mol. The number of carbonyl (C=O) groups excluding carboxylic acids is 2. The highest BCUT2D eigenvalue weighted by molar-refractivity contribution is 5.90. The van der Waals surface area contributed by atoms with E-state index in [1.807, 2.05) is 30.3 Å². The van der Waals surface area contributed by atoms with Gasteiger partial charge in [-0.05, 0) is 40.8 Å². The van der Waals surface area contributed by atoms with E-state index in [-0.39, 0.29) is 11.4 Å². The van der Waals surface area contributed by atoms with Crippen LogP contribution in [0.25, 0.3) is 11.1 Å². The van der Waals surface area contributed by atoms with Crippen LogP contribution in [0, 0.1) is 0 Å². The van der Waals surface area contributed by atoms with E-state index in [1.54, 1.807) is 26.2 Å². The van der Waals surface area contributed by atoms with Gasteiger partial charge in [0.15, 0.2) is 0 Å². The third-order valence-electron chi connectivity index (χ3n) is 4.03. The molecule has 138 valence electrons. The van der Waals surface area contributed by atoms with Gasteiger partial charge in [0.25, 0.3) is 0 Å². The molecule has 0 aliphatic rings. The molecule has 0 spiro atoms. The second-order valence-electron chi connectivity index (χ2n) is 7.29. The molecule has 0 fully saturated rings. The van der Waals surface area contributed by atoms with Crippen LogP contribution in [0.4, 0.5) is 4.79 Å². The minimum Gasteiger partial charge on any atom is -0.465 e. The van der Waals surface area contributed by atoms with Crippen LogP contribution in [-0.4, -0.2) is 38.2 Å². The maximum absolute atomic E-state index is 12.0. The van der Waals surface area contributed by atoms with Gasteiger partial charge < -0.3 is 14.4 Å². The van der Waals surface area contributed by atoms with Crippen molar-refractivity contribution < 1.29 is 19.1 Å². The number of rotatable bonds is 3. The van der Waals surface area contributed by atoms with Gasteiger partial charge >= 0.3 is 12.1 Å². The molecule has 0 atom stereocenters. The zero-order chi connectivity index (χ0) is 19.5. The predicted molar refractivity (Wildman–Crippen MR) is 102 cm³/mol. The monoisotopic (exact) mass is 355 g/mol. The summed E-state index contributed by atoms with van der Waals surface area (Å²) in [5, 5.41) is 0. The van der Waals surface area contributed by atoms with Crippen LogP contribution in [-0.2, 0) is 10.2 Å². The van der Waals surface area contributed by atoms with E-state index in [0.29, 0.717) is 11.3 Å². The lowest BCUT2D eigenvalue weighted by Gasteiger charge is -2.22. The van der Waals surface area contributed by atoms with Crippen LogP contribution in [0.5, 0.6) is 5.75 Å². The Bertz CT molecular complexity index is 802. The molecule has 26 heavy (non-hydrogen) atoms. The van der Waals surface area contributed by atoms with Crippen LogP contribution in [0.15, 0.2) is 42.5 Å². The summed E-state index contributed by atoms with van der Waals surface area (Å²) in [6.07, 6.45) is -0.444. The maximum atomic E-state index is 12.0. The lowest BCUT2D eigenvalue weighted by molar-refractivity contribution is 0.0600. The lowest BCUT2D eigenvalue weighted by atomic mass is 9.85. The van der Waals surface area contributed by atoms with E-state index in [2.05, 4.69) is 20.8 Å². The van der Waals surface area contributed by atoms with Gasteiger partial charge in [-0.3, -0.25) is 0 Å². The van der Waals surface area contributed by atoms with Crippen LogP contribution < -0.4 is 4.74 Å². The standard InChI is InChI=1S/C21H25NO4/c1-21(2,3)16-11-12-18(26-20(24)22(4)5)17(13-16)14-7-9-15(10-8-14)19(23)25-6/h7-13H,1-6H3. The highest BCUT2D eigenvalue weighted by Crippen LogP contribution is 2.35. The van der Waals surface area contributed by atoms with E-state index in [0.717, 1.165) is 16.7 Å². The van der Waals surface area contributed by atoms with Gasteiger partial charge in [0, 0.05) is 19.7 Å². The van der Waals surface area contributed by atoms with E-state index in [4.69, 9.17) is 9.47 Å². The van der Waals surface area contributed by atoms with Crippen LogP contribution >= 0.6 is 0 Å². The second kappa shape index (κ2) is 7.60. The quantitative estimate of drug-likeness (QED) is 0.761. The topological polar surface area (TPSA) is 55.8 Å². The van der Waals surface area contributed by atoms with Crippen molar-refractivity contribution in [2.24, 2.45) is 0 Å². The second-order valence-corrected chi connectivity index (χ2v) is 7.29. The number of hydrogen-bond acceptors (Lipinski definition) is 4. The molecule has 1 amide bonds. The average Bonchev–Trinajstić information content (AvgIpc) is 2.60. The van der Waals surface area contributed by atoms with Crippen molar-refractivity contribution in [2.75, 3.05) is 21.2 Å². The Balaban J connectivity index is 2.51. The molecule has 0 aliphatic heterocycles. The molecule has 0 unspecified atom stereocenters. The van der Waals surface area contributed by atoms with E-state index < -0.39 is 6.09 Å². The Morgan fingerprint density at radius 2 is 1.58 bits per heavy atom. The number of carbonyl (C=O) groups is 2. The summed E-state index contributed by atoms with van der Waals surface area (Å²) in [4.78, 5) is 25.0. The third kappa shape index (κ3) is 4.42. The first-order valence-electron chi connectivity index (χ1n) is 8.36. The molecule has 5 heteroatoms. The Kier molecular flexibility index (Phi) is 5.70. The van der Waals surface area contributed by atoms with E-state index in [1.165, 1.54) is 12.0 Å². The first kappa shape index (κ1) is 19.5. The number of methoxy groups -OCH3 is 1. The molecule has 0 aromatic heterocycles. The highest BCUT2D eigenvalue weighted by Gasteiger charge is 2.19. The van der Waals surface area contributed by atoms with Crippen molar-refractivity contribution in [2.45, 2.75) is 26.2 Å². The molecular formula is C21H25NO4. The normalized spacial score (nSPS) is 11.0. The van der Waals surface area contributed by atoms with Gasteiger partial charge in [0.1, 0.15) is 5.75 Å². The fourth-order valence-corrected chi connectivity index (χ4v) is 2.40. The van der Waals surface area contributed by atoms with Crippen molar-refractivity contribution in [1.82, 2.24) is 4.90 Å². The van der Waals surface area contributed by atoms with Crippen LogP contribution in [0.1, 0.15) is 36.7 Å². The first-order chi connectivity index (χ1) is 12.1. The molecule has 0 N–H and O–H groups in total. The smallest absolute Gasteiger partial charge is 0.414 e. The summed E-state index contributed by atoms with van der Waals surface area (Å²) in [5.41, 5.74) is 3.18. The zero-order valence-corrected chi connectivity index (χ0v) is 16.1. The Morgan fingerprint density at radius 1 is 0.962 bits per heavy atom. The van der Waals surface area contributed by atoms with Crippen molar-refractivity contribution in [3.05, 3.63) is 53.6 Å². The van der Waals surface area contributed by atoms with Crippen molar-refractivity contribution in [3.8, 4) is 16.9 Å². The van der Waals surface area contributed by atoms with Gasteiger partial charge in [-0.15, -0.1) is 0 Å². The number of ether oxygens (including phenoxy) is 2. The molecule has 0 radical (unpaired) electrons. The molecule has 0 saturated heterocycles. The van der Waals surface area contributed by atoms with Crippen molar-refractivity contribution in [1.29, 1.82) is 0 Å². The maximum Gasteiger partial charge on any atom is 0.414 e. The molecule has 2 aromatic carbocycles. The zero-order valence-electron chi connectivity index (χ0n) is 16.1. The largest absolute Gasteiger partial charge is 0.465 e. The van der Waals surface area contributed by atoms with E-state index in [9.17, 15) is 9.59 Å². The summed E-state index contributed by atoms with van der Waals surface area (Å²) < 4.78 is 10.3. The SMILES string of the molecule is COC(=O)c1ccc(-c2cc(C(C)(C)C)ccc2OC(=O)N(C)C)cc1. The molecule has 0 aliphatic carbocycles. The highest BCUT2D eigenvalue weighted by atomic mass is 16.6. The van der Waals surface area contributed by atoms with Crippen molar-refractivity contribution >= 4 is 12.1 Å². The summed E-state index contributed by atoms with van der Waals surface area (Å²) >= 11 is 0. The van der Waals surface area contributed by atoms with E-state index >= 15 is 0 Å². The molecule has 0 heterocycles. The number of amides is 1. The summed E-state index contributed by atoms with van der Waals surface area (Å²) in [6.45, 7) is 6.37. The van der Waals surface area contributed by atoms with Gasteiger partial charge in [0.05, 0.1) is 12.7 Å². The summed E-state index contributed by atoms with van der Waals surface area (Å²) in [7, 11) is 4.62. The molecule has 2 aromatic rings. The Labute approximate surface area is 154 Å². The number of hydrogen-bond donors (Lipinski definition) is 0. The van der Waals surface area contributed by atoms with Crippen LogP contribution in [0.3, 0.4) is 0 Å². The van der Waals surface area contributed by atoms with Crippen molar-refractivity contribution in [3.63, 3.8) is 0 Å². The van der Waals surface area contributed by atoms with Gasteiger partial charge in [0.2, 0.25) is 0 Å². The molecule has 5 nitrogen and oxygen atoms in total. The third-order valence-corrected chi connectivity index (χ3v) is 4.03. The van der Waals surface area contributed by atoms with Crippen LogP contribution in [0.2, 0.25) is 0 Å². The lowest BCUT2D eigenvalue weighted by Crippen LogP contribution is -2.25.